The van der Waals surface area contributed by atoms with Crippen molar-refractivity contribution in [2.45, 2.75) is 32.2 Å². The molecular weight excluding hydrogens is 403 g/mol. The Balaban J connectivity index is 0.00000392. The number of rotatable bonds is 6. The number of benzene rings is 1. The molecule has 0 saturated heterocycles. The number of carbonyl (C=O) groups is 3. The molecule has 9 heteroatoms. The minimum atomic E-state index is -0.659. The molecule has 1 heterocycles. The van der Waals surface area contributed by atoms with Gasteiger partial charge < -0.3 is 20.9 Å². The lowest BCUT2D eigenvalue weighted by molar-refractivity contribution is -0.129. The standard InChI is InChI=1S/C19H27ClN4O3.ClH/c1-11(2)18(21)19(27)22-9-17(26)24-10-12(7-16(25)23(3)4)14-8-13(20)5-6-15(14)24;/h5-6,8,11-12,18H,7,9-10,21H2,1-4H3,(H,22,27);1H/t12?,18-;/m0./s1. The van der Waals surface area contributed by atoms with E-state index in [4.69, 9.17) is 17.3 Å². The van der Waals surface area contributed by atoms with Gasteiger partial charge in [-0.1, -0.05) is 25.4 Å². The molecule has 0 saturated carbocycles. The maximum absolute atomic E-state index is 12.7. The zero-order chi connectivity index (χ0) is 20.3. The van der Waals surface area contributed by atoms with Gasteiger partial charge in [-0.25, -0.2) is 0 Å². The molecule has 1 unspecified atom stereocenters. The van der Waals surface area contributed by atoms with Crippen molar-refractivity contribution in [3.63, 3.8) is 0 Å². The van der Waals surface area contributed by atoms with Gasteiger partial charge in [0.15, 0.2) is 0 Å². The number of amides is 3. The second kappa shape index (κ2) is 10.1. The second-order valence-corrected chi connectivity index (χ2v) is 7.82. The first-order valence-corrected chi connectivity index (χ1v) is 9.32. The summed E-state index contributed by atoms with van der Waals surface area (Å²) in [5, 5.41) is 3.16. The van der Waals surface area contributed by atoms with Crippen LogP contribution in [0.15, 0.2) is 18.2 Å². The number of nitrogens with one attached hydrogen (secondary N) is 1. The average molecular weight is 431 g/mol. The molecule has 1 aromatic rings. The van der Waals surface area contributed by atoms with Crippen molar-refractivity contribution in [1.82, 2.24) is 10.2 Å². The van der Waals surface area contributed by atoms with Crippen molar-refractivity contribution >= 4 is 47.4 Å². The highest BCUT2D eigenvalue weighted by Gasteiger charge is 2.34. The number of hydrogen-bond acceptors (Lipinski definition) is 4. The molecule has 2 rings (SSSR count). The fourth-order valence-corrected chi connectivity index (χ4v) is 3.18. The molecule has 28 heavy (non-hydrogen) atoms. The molecule has 3 amide bonds. The van der Waals surface area contributed by atoms with E-state index in [9.17, 15) is 14.4 Å². The molecule has 2 atom stereocenters. The third-order valence-corrected chi connectivity index (χ3v) is 5.01. The van der Waals surface area contributed by atoms with Gasteiger partial charge in [-0.2, -0.15) is 0 Å². The molecule has 0 aliphatic carbocycles. The zero-order valence-corrected chi connectivity index (χ0v) is 18.1. The number of fused-ring (bicyclic) bond motifs is 1. The summed E-state index contributed by atoms with van der Waals surface area (Å²) in [7, 11) is 3.40. The number of nitrogens with two attached hydrogens (primary N) is 1. The maximum atomic E-state index is 12.7. The van der Waals surface area contributed by atoms with Gasteiger partial charge >= 0.3 is 0 Å². The van der Waals surface area contributed by atoms with Crippen molar-refractivity contribution < 1.29 is 14.4 Å². The van der Waals surface area contributed by atoms with Gasteiger partial charge in [0, 0.05) is 43.7 Å². The maximum Gasteiger partial charge on any atom is 0.246 e. The third-order valence-electron chi connectivity index (χ3n) is 4.78. The van der Waals surface area contributed by atoms with Gasteiger partial charge in [-0.05, 0) is 29.7 Å². The fourth-order valence-electron chi connectivity index (χ4n) is 3.00. The normalized spacial score (nSPS) is 16.2. The van der Waals surface area contributed by atoms with Crippen molar-refractivity contribution in [2.24, 2.45) is 11.7 Å². The van der Waals surface area contributed by atoms with E-state index in [1.54, 1.807) is 37.2 Å². The number of carbonyl (C=O) groups excluding carboxylic acids is 3. The molecule has 0 radical (unpaired) electrons. The van der Waals surface area contributed by atoms with Crippen LogP contribution in [0.3, 0.4) is 0 Å². The number of nitrogens with zero attached hydrogens (tertiary/aromatic N) is 2. The van der Waals surface area contributed by atoms with Crippen molar-refractivity contribution in [1.29, 1.82) is 0 Å². The fraction of sp³-hybridized carbons (Fsp3) is 0.526. The van der Waals surface area contributed by atoms with Crippen LogP contribution in [0.25, 0.3) is 0 Å². The van der Waals surface area contributed by atoms with Gasteiger partial charge in [-0.3, -0.25) is 14.4 Å². The van der Waals surface area contributed by atoms with Crippen LogP contribution in [-0.2, 0) is 14.4 Å². The Labute approximate surface area is 177 Å². The summed E-state index contributed by atoms with van der Waals surface area (Å²) in [4.78, 5) is 40.0. The summed E-state index contributed by atoms with van der Waals surface area (Å²) in [6.07, 6.45) is 0.286. The van der Waals surface area contributed by atoms with E-state index in [2.05, 4.69) is 5.32 Å². The van der Waals surface area contributed by atoms with Gasteiger partial charge in [0.25, 0.3) is 0 Å². The SMILES string of the molecule is CC(C)[C@H](N)C(=O)NCC(=O)N1CC(CC(=O)N(C)C)c2cc(Cl)ccc21.Cl. The van der Waals surface area contributed by atoms with Crippen molar-refractivity contribution in [2.75, 3.05) is 32.1 Å². The molecule has 0 spiro atoms. The topological polar surface area (TPSA) is 95.7 Å². The van der Waals surface area contributed by atoms with Gasteiger partial charge in [0.2, 0.25) is 17.7 Å². The van der Waals surface area contributed by atoms with Crippen LogP contribution in [0.1, 0.15) is 31.7 Å². The van der Waals surface area contributed by atoms with Crippen LogP contribution in [0.4, 0.5) is 5.69 Å². The van der Waals surface area contributed by atoms with Crippen molar-refractivity contribution in [3.8, 4) is 0 Å². The molecule has 1 aliphatic rings. The molecular formula is C19H28Cl2N4O3. The van der Waals surface area contributed by atoms with Crippen LogP contribution < -0.4 is 16.0 Å². The first-order valence-electron chi connectivity index (χ1n) is 8.95. The third kappa shape index (κ3) is 5.59. The lowest BCUT2D eigenvalue weighted by Crippen LogP contribution is -2.47. The Morgan fingerprint density at radius 1 is 1.32 bits per heavy atom. The van der Waals surface area contributed by atoms with E-state index in [1.807, 2.05) is 13.8 Å². The minimum Gasteiger partial charge on any atom is -0.349 e. The average Bonchev–Trinajstić information content (AvgIpc) is 2.96. The van der Waals surface area contributed by atoms with E-state index in [-0.39, 0.29) is 54.9 Å². The highest BCUT2D eigenvalue weighted by Crippen LogP contribution is 2.39. The van der Waals surface area contributed by atoms with Gasteiger partial charge in [-0.15, -0.1) is 12.4 Å². The Morgan fingerprint density at radius 2 is 1.96 bits per heavy atom. The Morgan fingerprint density at radius 3 is 2.54 bits per heavy atom. The molecule has 0 fully saturated rings. The van der Waals surface area contributed by atoms with E-state index >= 15 is 0 Å². The Bertz CT molecular complexity index is 740. The minimum absolute atomic E-state index is 0. The smallest absolute Gasteiger partial charge is 0.246 e. The van der Waals surface area contributed by atoms with Crippen LogP contribution in [0.2, 0.25) is 5.02 Å². The zero-order valence-electron chi connectivity index (χ0n) is 16.6. The second-order valence-electron chi connectivity index (χ2n) is 7.38. The molecule has 156 valence electrons. The van der Waals surface area contributed by atoms with Gasteiger partial charge in [0.1, 0.15) is 0 Å². The molecule has 0 bridgehead atoms. The molecule has 0 aromatic heterocycles. The Hall–Kier alpha value is -1.83. The lowest BCUT2D eigenvalue weighted by Gasteiger charge is -2.20. The highest BCUT2D eigenvalue weighted by molar-refractivity contribution is 6.30. The number of hydrogen-bond donors (Lipinski definition) is 2. The quantitative estimate of drug-likeness (QED) is 0.718. The van der Waals surface area contributed by atoms with Gasteiger partial charge in [0.05, 0.1) is 12.6 Å². The Kier molecular flexibility index (Phi) is 8.73. The molecule has 3 N–H and O–H groups in total. The highest BCUT2D eigenvalue weighted by atomic mass is 35.5. The number of anilines is 1. The van der Waals surface area contributed by atoms with E-state index in [0.29, 0.717) is 11.6 Å². The molecule has 1 aliphatic heterocycles. The van der Waals surface area contributed by atoms with E-state index in [0.717, 1.165) is 11.3 Å². The monoisotopic (exact) mass is 430 g/mol. The summed E-state index contributed by atoms with van der Waals surface area (Å²) < 4.78 is 0. The largest absolute Gasteiger partial charge is 0.349 e. The van der Waals surface area contributed by atoms with E-state index < -0.39 is 6.04 Å². The van der Waals surface area contributed by atoms with Crippen molar-refractivity contribution in [3.05, 3.63) is 28.8 Å². The van der Waals surface area contributed by atoms with Crippen LogP contribution >= 0.6 is 24.0 Å². The summed E-state index contributed by atoms with van der Waals surface area (Å²) in [5.74, 6) is -0.769. The van der Waals surface area contributed by atoms with Crippen LogP contribution in [0.5, 0.6) is 0 Å². The summed E-state index contributed by atoms with van der Waals surface area (Å²) >= 11 is 6.11. The molecule has 7 nitrogen and oxygen atoms in total. The number of halogens is 2. The first-order chi connectivity index (χ1) is 12.6. The summed E-state index contributed by atoms with van der Waals surface area (Å²) in [6.45, 7) is 3.92. The first kappa shape index (κ1) is 24.2. The van der Waals surface area contributed by atoms with Crippen LogP contribution in [0, 0.1) is 5.92 Å². The predicted octanol–water partition coefficient (Wildman–Crippen LogP) is 1.77. The predicted molar refractivity (Wildman–Crippen MR) is 113 cm³/mol. The lowest BCUT2D eigenvalue weighted by atomic mass is 9.97. The van der Waals surface area contributed by atoms with E-state index in [1.165, 1.54) is 4.90 Å². The summed E-state index contributed by atoms with van der Waals surface area (Å²) in [5.41, 5.74) is 7.40. The summed E-state index contributed by atoms with van der Waals surface area (Å²) in [6, 6.07) is 4.62. The molecule has 1 aromatic carbocycles. The van der Waals surface area contributed by atoms with Crippen LogP contribution in [-0.4, -0.2) is 55.8 Å².